The topological polar surface area (TPSA) is 59.6 Å². The third kappa shape index (κ3) is 4.28. The van der Waals surface area contributed by atoms with Gasteiger partial charge in [-0.05, 0) is 35.9 Å². The lowest BCUT2D eigenvalue weighted by Gasteiger charge is -2.09. The summed E-state index contributed by atoms with van der Waals surface area (Å²) in [5.74, 6) is 1.40. The summed E-state index contributed by atoms with van der Waals surface area (Å²) in [6.45, 7) is 0. The van der Waals surface area contributed by atoms with Crippen molar-refractivity contribution in [3.63, 3.8) is 0 Å². The fraction of sp³-hybridized carbons (Fsp3) is 0.118. The van der Waals surface area contributed by atoms with Crippen LogP contribution < -0.4 is 20.1 Å². The number of nitrogens with one attached hydrogen (secondary N) is 2. The van der Waals surface area contributed by atoms with E-state index in [1.807, 2.05) is 36.4 Å². The van der Waals surface area contributed by atoms with Gasteiger partial charge in [-0.1, -0.05) is 24.3 Å². The van der Waals surface area contributed by atoms with Crippen molar-refractivity contribution >= 4 is 17.8 Å². The summed E-state index contributed by atoms with van der Waals surface area (Å²) in [5, 5.41) is 5.36. The summed E-state index contributed by atoms with van der Waals surface area (Å²) in [5.41, 5.74) is 1.57. The predicted octanol–water partition coefficient (Wildman–Crippen LogP) is 3.50. The number of benzene rings is 2. The van der Waals surface area contributed by atoms with Crippen LogP contribution >= 0.6 is 0 Å². The Labute approximate surface area is 129 Å². The molecule has 114 valence electrons. The number of anilines is 1. The maximum atomic E-state index is 11.8. The van der Waals surface area contributed by atoms with Gasteiger partial charge in [-0.2, -0.15) is 0 Å². The molecule has 0 spiro atoms. The van der Waals surface area contributed by atoms with Gasteiger partial charge in [-0.3, -0.25) is 0 Å². The molecule has 0 fully saturated rings. The number of amides is 2. The molecular formula is C17H18N2O3. The first kappa shape index (κ1) is 15.4. The fourth-order valence-corrected chi connectivity index (χ4v) is 1.83. The molecule has 2 amide bonds. The summed E-state index contributed by atoms with van der Waals surface area (Å²) < 4.78 is 10.3. The van der Waals surface area contributed by atoms with Crippen molar-refractivity contribution in [3.8, 4) is 11.5 Å². The zero-order chi connectivity index (χ0) is 15.8. The first-order valence-corrected chi connectivity index (χ1v) is 6.74. The molecule has 0 saturated carbocycles. The molecule has 0 aromatic heterocycles. The number of rotatable bonds is 5. The van der Waals surface area contributed by atoms with E-state index >= 15 is 0 Å². The van der Waals surface area contributed by atoms with Crippen molar-refractivity contribution in [1.82, 2.24) is 5.32 Å². The van der Waals surface area contributed by atoms with Gasteiger partial charge >= 0.3 is 6.03 Å². The molecule has 22 heavy (non-hydrogen) atoms. The van der Waals surface area contributed by atoms with Gasteiger partial charge in [0.25, 0.3) is 0 Å². The van der Waals surface area contributed by atoms with Crippen LogP contribution in [0.3, 0.4) is 0 Å². The quantitative estimate of drug-likeness (QED) is 0.888. The van der Waals surface area contributed by atoms with Crippen LogP contribution in [0, 0.1) is 0 Å². The number of carbonyl (C=O) groups excluding carboxylic acids is 1. The van der Waals surface area contributed by atoms with Gasteiger partial charge in [0, 0.05) is 6.20 Å². The number of carbonyl (C=O) groups is 1. The molecule has 0 radical (unpaired) electrons. The molecule has 0 aliphatic heterocycles. The standard InChI is InChI=1S/C17H18N2O3/c1-21-14-9-7-13(8-10-14)11-12-18-17(20)19-15-5-3-4-6-16(15)22-2/h3-12H,1-2H3,(H2,18,19,20)/b12-11+. The molecular weight excluding hydrogens is 280 g/mol. The van der Waals surface area contributed by atoms with E-state index in [2.05, 4.69) is 10.6 Å². The monoisotopic (exact) mass is 298 g/mol. The number of para-hydroxylation sites is 2. The largest absolute Gasteiger partial charge is 0.497 e. The fourth-order valence-electron chi connectivity index (χ4n) is 1.83. The number of urea groups is 1. The summed E-state index contributed by atoms with van der Waals surface area (Å²) in [6.07, 6.45) is 3.37. The number of hydrogen-bond acceptors (Lipinski definition) is 3. The molecule has 0 aliphatic carbocycles. The van der Waals surface area contributed by atoms with Crippen LogP contribution in [0.1, 0.15) is 5.56 Å². The average molecular weight is 298 g/mol. The Balaban J connectivity index is 1.90. The number of hydrogen-bond donors (Lipinski definition) is 2. The van der Waals surface area contributed by atoms with E-state index in [1.54, 1.807) is 38.6 Å². The first-order valence-electron chi connectivity index (χ1n) is 6.74. The second kappa shape index (κ2) is 7.73. The van der Waals surface area contributed by atoms with Gasteiger partial charge in [0.1, 0.15) is 11.5 Å². The molecule has 2 N–H and O–H groups in total. The van der Waals surface area contributed by atoms with E-state index < -0.39 is 0 Å². The molecule has 0 heterocycles. The molecule has 2 aromatic carbocycles. The predicted molar refractivity (Wildman–Crippen MR) is 87.2 cm³/mol. The van der Waals surface area contributed by atoms with E-state index in [4.69, 9.17) is 9.47 Å². The maximum Gasteiger partial charge on any atom is 0.323 e. The average Bonchev–Trinajstić information content (AvgIpc) is 2.56. The highest BCUT2D eigenvalue weighted by Gasteiger charge is 2.04. The highest BCUT2D eigenvalue weighted by molar-refractivity contribution is 5.91. The maximum absolute atomic E-state index is 11.8. The zero-order valence-electron chi connectivity index (χ0n) is 12.5. The molecule has 0 aliphatic rings. The lowest BCUT2D eigenvalue weighted by atomic mass is 10.2. The lowest BCUT2D eigenvalue weighted by molar-refractivity contribution is 0.255. The molecule has 0 atom stereocenters. The zero-order valence-corrected chi connectivity index (χ0v) is 12.5. The van der Waals surface area contributed by atoms with Crippen LogP contribution in [-0.2, 0) is 0 Å². The van der Waals surface area contributed by atoms with Crippen molar-refractivity contribution < 1.29 is 14.3 Å². The van der Waals surface area contributed by atoms with Gasteiger partial charge in [-0.15, -0.1) is 0 Å². The van der Waals surface area contributed by atoms with E-state index in [1.165, 1.54) is 0 Å². The summed E-state index contributed by atoms with van der Waals surface area (Å²) in [6, 6.07) is 14.4. The molecule has 0 saturated heterocycles. The molecule has 2 aromatic rings. The van der Waals surface area contributed by atoms with Gasteiger partial charge < -0.3 is 20.1 Å². The minimum absolute atomic E-state index is 0.339. The molecule has 5 nitrogen and oxygen atoms in total. The van der Waals surface area contributed by atoms with E-state index in [0.29, 0.717) is 11.4 Å². The molecule has 5 heteroatoms. The van der Waals surface area contributed by atoms with Crippen molar-refractivity contribution in [2.24, 2.45) is 0 Å². The van der Waals surface area contributed by atoms with E-state index in [-0.39, 0.29) is 6.03 Å². The normalized spacial score (nSPS) is 10.3. The van der Waals surface area contributed by atoms with Crippen LogP contribution in [0.2, 0.25) is 0 Å². The summed E-state index contributed by atoms with van der Waals surface area (Å²) >= 11 is 0. The second-order valence-electron chi connectivity index (χ2n) is 4.41. The Bertz CT molecular complexity index is 651. The Morgan fingerprint density at radius 2 is 1.73 bits per heavy atom. The Morgan fingerprint density at radius 1 is 1.00 bits per heavy atom. The van der Waals surface area contributed by atoms with Crippen LogP contribution in [0.15, 0.2) is 54.7 Å². The molecule has 0 unspecified atom stereocenters. The third-order valence-corrected chi connectivity index (χ3v) is 2.96. The highest BCUT2D eigenvalue weighted by atomic mass is 16.5. The summed E-state index contributed by atoms with van der Waals surface area (Å²) in [7, 11) is 3.18. The van der Waals surface area contributed by atoms with Gasteiger partial charge in [0.2, 0.25) is 0 Å². The Hall–Kier alpha value is -2.95. The first-order chi connectivity index (χ1) is 10.7. The molecule has 0 bridgehead atoms. The lowest BCUT2D eigenvalue weighted by Crippen LogP contribution is -2.23. The third-order valence-electron chi connectivity index (χ3n) is 2.96. The van der Waals surface area contributed by atoms with Crippen molar-refractivity contribution in [2.75, 3.05) is 19.5 Å². The minimum atomic E-state index is -0.339. The van der Waals surface area contributed by atoms with Gasteiger partial charge in [0.15, 0.2) is 0 Å². The Kier molecular flexibility index (Phi) is 5.43. The Morgan fingerprint density at radius 3 is 2.41 bits per heavy atom. The van der Waals surface area contributed by atoms with Crippen LogP contribution in [-0.4, -0.2) is 20.3 Å². The number of methoxy groups -OCH3 is 2. The van der Waals surface area contributed by atoms with Crippen molar-refractivity contribution in [2.45, 2.75) is 0 Å². The smallest absolute Gasteiger partial charge is 0.323 e. The van der Waals surface area contributed by atoms with Gasteiger partial charge in [0.05, 0.1) is 19.9 Å². The van der Waals surface area contributed by atoms with Crippen LogP contribution in [0.5, 0.6) is 11.5 Å². The van der Waals surface area contributed by atoms with Crippen LogP contribution in [0.25, 0.3) is 6.08 Å². The van der Waals surface area contributed by atoms with E-state index in [0.717, 1.165) is 11.3 Å². The van der Waals surface area contributed by atoms with E-state index in [9.17, 15) is 4.79 Å². The number of ether oxygens (including phenoxy) is 2. The second-order valence-corrected chi connectivity index (χ2v) is 4.41. The SMILES string of the molecule is COc1ccc(/C=C/NC(=O)Nc2ccccc2OC)cc1. The molecule has 2 rings (SSSR count). The van der Waals surface area contributed by atoms with Crippen molar-refractivity contribution in [1.29, 1.82) is 0 Å². The van der Waals surface area contributed by atoms with Gasteiger partial charge in [-0.25, -0.2) is 4.79 Å². The van der Waals surface area contributed by atoms with Crippen LogP contribution in [0.4, 0.5) is 10.5 Å². The summed E-state index contributed by atoms with van der Waals surface area (Å²) in [4.78, 5) is 11.8. The highest BCUT2D eigenvalue weighted by Crippen LogP contribution is 2.22. The minimum Gasteiger partial charge on any atom is -0.497 e. The van der Waals surface area contributed by atoms with Crippen molar-refractivity contribution in [3.05, 3.63) is 60.3 Å².